The largest absolute Gasteiger partial charge is 0.340 e. The summed E-state index contributed by atoms with van der Waals surface area (Å²) in [5.74, 6) is 0.247. The van der Waals surface area contributed by atoms with Gasteiger partial charge in [-0.05, 0) is 24.8 Å². The summed E-state index contributed by atoms with van der Waals surface area (Å²) in [4.78, 5) is 16.7. The molecule has 1 saturated carbocycles. The van der Waals surface area contributed by atoms with Gasteiger partial charge in [0, 0.05) is 44.7 Å². The topological polar surface area (TPSA) is 49.6 Å². The molecule has 4 nitrogen and oxygen atoms in total. The number of carbonyl (C=O) groups is 1. The standard InChI is InChI=1S/C17H25N3O/c18-17(7-4-8-17)13-16(21)20-11-9-19(10-12-20)14-15-5-2-1-3-6-15/h1-3,5-6H,4,7-14,18H2. The fourth-order valence-corrected chi connectivity index (χ4v) is 3.22. The maximum Gasteiger partial charge on any atom is 0.224 e. The number of rotatable bonds is 4. The average Bonchev–Trinajstić information content (AvgIpc) is 2.47. The number of hydrogen-bond acceptors (Lipinski definition) is 3. The van der Waals surface area contributed by atoms with Crippen LogP contribution in [0.2, 0.25) is 0 Å². The molecule has 2 aliphatic rings. The zero-order chi connectivity index (χ0) is 14.7. The first-order valence-corrected chi connectivity index (χ1v) is 7.98. The highest BCUT2D eigenvalue weighted by Gasteiger charge is 2.36. The van der Waals surface area contributed by atoms with Gasteiger partial charge in [-0.3, -0.25) is 9.69 Å². The molecule has 114 valence electrons. The van der Waals surface area contributed by atoms with Crippen molar-refractivity contribution in [2.45, 2.75) is 37.8 Å². The van der Waals surface area contributed by atoms with Crippen LogP contribution < -0.4 is 5.73 Å². The Kier molecular flexibility index (Phi) is 4.27. The van der Waals surface area contributed by atoms with E-state index in [-0.39, 0.29) is 11.4 Å². The van der Waals surface area contributed by atoms with Crippen molar-refractivity contribution in [3.63, 3.8) is 0 Å². The van der Waals surface area contributed by atoms with Gasteiger partial charge in [-0.2, -0.15) is 0 Å². The predicted octanol–water partition coefficient (Wildman–Crippen LogP) is 1.60. The minimum Gasteiger partial charge on any atom is -0.340 e. The number of amides is 1. The summed E-state index contributed by atoms with van der Waals surface area (Å²) in [6.07, 6.45) is 3.72. The number of nitrogens with zero attached hydrogens (tertiary/aromatic N) is 2. The SMILES string of the molecule is NC1(CC(=O)N2CCN(Cc3ccccc3)CC2)CCC1. The van der Waals surface area contributed by atoms with Crippen LogP contribution in [-0.4, -0.2) is 47.4 Å². The molecule has 1 heterocycles. The molecule has 1 aliphatic carbocycles. The van der Waals surface area contributed by atoms with Gasteiger partial charge in [0.2, 0.25) is 5.91 Å². The Morgan fingerprint density at radius 1 is 1.10 bits per heavy atom. The highest BCUT2D eigenvalue weighted by atomic mass is 16.2. The summed E-state index contributed by atoms with van der Waals surface area (Å²) in [6.45, 7) is 4.56. The molecular formula is C17H25N3O. The Labute approximate surface area is 126 Å². The van der Waals surface area contributed by atoms with Crippen LogP contribution in [0.15, 0.2) is 30.3 Å². The normalized spacial score (nSPS) is 21.9. The number of piperazine rings is 1. The first-order chi connectivity index (χ1) is 10.1. The molecular weight excluding hydrogens is 262 g/mol. The van der Waals surface area contributed by atoms with Gasteiger partial charge in [0.15, 0.2) is 0 Å². The highest BCUT2D eigenvalue weighted by molar-refractivity contribution is 5.77. The van der Waals surface area contributed by atoms with E-state index in [1.54, 1.807) is 0 Å². The van der Waals surface area contributed by atoms with Gasteiger partial charge in [-0.25, -0.2) is 0 Å². The third-order valence-electron chi connectivity index (χ3n) is 4.83. The van der Waals surface area contributed by atoms with Crippen LogP contribution in [0.3, 0.4) is 0 Å². The smallest absolute Gasteiger partial charge is 0.224 e. The van der Waals surface area contributed by atoms with Crippen LogP contribution >= 0.6 is 0 Å². The van der Waals surface area contributed by atoms with E-state index >= 15 is 0 Å². The minimum absolute atomic E-state index is 0.196. The molecule has 1 amide bonds. The molecule has 0 aromatic heterocycles. The molecule has 1 aliphatic heterocycles. The van der Waals surface area contributed by atoms with Crippen LogP contribution in [0, 0.1) is 0 Å². The molecule has 1 aromatic carbocycles. The molecule has 1 aromatic rings. The second-order valence-electron chi connectivity index (χ2n) is 6.54. The summed E-state index contributed by atoms with van der Waals surface area (Å²) < 4.78 is 0. The molecule has 0 unspecified atom stereocenters. The van der Waals surface area contributed by atoms with Gasteiger partial charge in [0.25, 0.3) is 0 Å². The van der Waals surface area contributed by atoms with Gasteiger partial charge in [0.1, 0.15) is 0 Å². The van der Waals surface area contributed by atoms with Crippen molar-refractivity contribution in [2.75, 3.05) is 26.2 Å². The second-order valence-corrected chi connectivity index (χ2v) is 6.54. The van der Waals surface area contributed by atoms with Crippen molar-refractivity contribution in [1.29, 1.82) is 0 Å². The van der Waals surface area contributed by atoms with E-state index in [1.165, 1.54) is 12.0 Å². The molecule has 0 spiro atoms. The van der Waals surface area contributed by atoms with E-state index in [1.807, 2.05) is 11.0 Å². The maximum atomic E-state index is 12.3. The summed E-state index contributed by atoms with van der Waals surface area (Å²) in [6, 6.07) is 10.5. The highest BCUT2D eigenvalue weighted by Crippen LogP contribution is 2.32. The van der Waals surface area contributed by atoms with Gasteiger partial charge >= 0.3 is 0 Å². The second kappa shape index (κ2) is 6.16. The van der Waals surface area contributed by atoms with Crippen LogP contribution in [0.4, 0.5) is 0 Å². The van der Waals surface area contributed by atoms with Gasteiger partial charge < -0.3 is 10.6 Å². The third kappa shape index (κ3) is 3.63. The zero-order valence-electron chi connectivity index (χ0n) is 12.6. The van der Waals surface area contributed by atoms with Crippen molar-refractivity contribution in [2.24, 2.45) is 5.73 Å². The van der Waals surface area contributed by atoms with Crippen molar-refractivity contribution >= 4 is 5.91 Å². The minimum atomic E-state index is -0.196. The predicted molar refractivity (Wildman–Crippen MR) is 83.7 cm³/mol. The summed E-state index contributed by atoms with van der Waals surface area (Å²) in [5.41, 5.74) is 7.33. The molecule has 4 heteroatoms. The molecule has 0 atom stereocenters. The van der Waals surface area contributed by atoms with E-state index in [0.717, 1.165) is 45.6 Å². The van der Waals surface area contributed by atoms with Gasteiger partial charge in [0.05, 0.1) is 0 Å². The van der Waals surface area contributed by atoms with Crippen molar-refractivity contribution in [1.82, 2.24) is 9.80 Å². The molecule has 0 radical (unpaired) electrons. The van der Waals surface area contributed by atoms with E-state index in [9.17, 15) is 4.79 Å². The molecule has 21 heavy (non-hydrogen) atoms. The lowest BCUT2D eigenvalue weighted by molar-refractivity contribution is -0.135. The quantitative estimate of drug-likeness (QED) is 0.915. The summed E-state index contributed by atoms with van der Waals surface area (Å²) in [7, 11) is 0. The number of nitrogens with two attached hydrogens (primary N) is 1. The number of carbonyl (C=O) groups excluding carboxylic acids is 1. The van der Waals surface area contributed by atoms with Crippen LogP contribution in [0.1, 0.15) is 31.2 Å². The molecule has 3 rings (SSSR count). The first kappa shape index (κ1) is 14.5. The number of benzene rings is 1. The number of hydrogen-bond donors (Lipinski definition) is 1. The molecule has 2 N–H and O–H groups in total. The molecule has 1 saturated heterocycles. The molecule has 2 fully saturated rings. The van der Waals surface area contributed by atoms with Crippen molar-refractivity contribution in [3.05, 3.63) is 35.9 Å². The van der Waals surface area contributed by atoms with Crippen LogP contribution in [0.5, 0.6) is 0 Å². The zero-order valence-corrected chi connectivity index (χ0v) is 12.6. The fourth-order valence-electron chi connectivity index (χ4n) is 3.22. The van der Waals surface area contributed by atoms with Crippen LogP contribution in [0.25, 0.3) is 0 Å². The first-order valence-electron chi connectivity index (χ1n) is 7.98. The summed E-state index contributed by atoms with van der Waals surface area (Å²) >= 11 is 0. The monoisotopic (exact) mass is 287 g/mol. The third-order valence-corrected chi connectivity index (χ3v) is 4.83. The van der Waals surface area contributed by atoms with Crippen molar-refractivity contribution in [3.8, 4) is 0 Å². The fraction of sp³-hybridized carbons (Fsp3) is 0.588. The molecule has 0 bridgehead atoms. The van der Waals surface area contributed by atoms with E-state index in [0.29, 0.717) is 6.42 Å². The maximum absolute atomic E-state index is 12.3. The summed E-state index contributed by atoms with van der Waals surface area (Å²) in [5, 5.41) is 0. The average molecular weight is 287 g/mol. The Balaban J connectivity index is 1.45. The Bertz CT molecular complexity index is 476. The van der Waals surface area contributed by atoms with Gasteiger partial charge in [-0.15, -0.1) is 0 Å². The van der Waals surface area contributed by atoms with Crippen LogP contribution in [-0.2, 0) is 11.3 Å². The Morgan fingerprint density at radius 3 is 2.33 bits per heavy atom. The van der Waals surface area contributed by atoms with Crippen molar-refractivity contribution < 1.29 is 4.79 Å². The van der Waals surface area contributed by atoms with E-state index < -0.39 is 0 Å². The Hall–Kier alpha value is -1.39. The van der Waals surface area contributed by atoms with Gasteiger partial charge in [-0.1, -0.05) is 30.3 Å². The lowest BCUT2D eigenvalue weighted by atomic mass is 9.75. The van der Waals surface area contributed by atoms with E-state index in [2.05, 4.69) is 29.2 Å². The lowest BCUT2D eigenvalue weighted by Gasteiger charge is -2.41. The van der Waals surface area contributed by atoms with E-state index in [4.69, 9.17) is 5.73 Å². The lowest BCUT2D eigenvalue weighted by Crippen LogP contribution is -2.54. The Morgan fingerprint density at radius 2 is 1.76 bits per heavy atom.